The zero-order valence-electron chi connectivity index (χ0n) is 20.4. The van der Waals surface area contributed by atoms with E-state index in [2.05, 4.69) is 4.98 Å². The van der Waals surface area contributed by atoms with Crippen molar-refractivity contribution in [3.8, 4) is 17.2 Å². The zero-order valence-corrected chi connectivity index (χ0v) is 21.1. The summed E-state index contributed by atoms with van der Waals surface area (Å²) in [5.41, 5.74) is 1.43. The normalized spacial score (nSPS) is 16.5. The van der Waals surface area contributed by atoms with Gasteiger partial charge in [0.1, 0.15) is 23.0 Å². The van der Waals surface area contributed by atoms with Crippen molar-refractivity contribution in [3.63, 3.8) is 0 Å². The number of rotatable bonds is 7. The number of methoxy groups -OCH3 is 1. The summed E-state index contributed by atoms with van der Waals surface area (Å²) in [6, 6.07) is 23.7. The number of aromatic nitrogens is 1. The number of Topliss-reactive ketones (excluding diaryl/α,β-unsaturated/α-hetero) is 1. The number of halogens is 1. The quantitative estimate of drug-likeness (QED) is 0.176. The molecule has 1 N–H and O–H groups in total. The first-order valence-electron chi connectivity index (χ1n) is 11.8. The number of aliphatic hydroxyl groups is 1. The average molecular weight is 527 g/mol. The molecule has 1 amide bonds. The van der Waals surface area contributed by atoms with Gasteiger partial charge in [0.2, 0.25) is 0 Å². The van der Waals surface area contributed by atoms with Crippen molar-refractivity contribution >= 4 is 29.1 Å². The summed E-state index contributed by atoms with van der Waals surface area (Å²) in [5, 5.41) is 11.6. The third-order valence-electron chi connectivity index (χ3n) is 6.20. The van der Waals surface area contributed by atoms with Gasteiger partial charge >= 0.3 is 0 Å². The van der Waals surface area contributed by atoms with E-state index in [9.17, 15) is 14.7 Å². The molecule has 1 unspecified atom stereocenters. The van der Waals surface area contributed by atoms with Crippen LogP contribution in [0.2, 0.25) is 5.02 Å². The summed E-state index contributed by atoms with van der Waals surface area (Å²) in [4.78, 5) is 32.3. The smallest absolute Gasteiger partial charge is 0.295 e. The van der Waals surface area contributed by atoms with E-state index in [1.165, 1.54) is 18.1 Å². The highest BCUT2D eigenvalue weighted by Gasteiger charge is 2.46. The van der Waals surface area contributed by atoms with E-state index < -0.39 is 17.7 Å². The lowest BCUT2D eigenvalue weighted by Crippen LogP contribution is -2.29. The summed E-state index contributed by atoms with van der Waals surface area (Å²) in [5.74, 6) is -0.355. The highest BCUT2D eigenvalue weighted by molar-refractivity contribution is 6.47. The second kappa shape index (κ2) is 10.8. The van der Waals surface area contributed by atoms with E-state index in [1.54, 1.807) is 54.9 Å². The topological polar surface area (TPSA) is 89.0 Å². The molecule has 38 heavy (non-hydrogen) atoms. The van der Waals surface area contributed by atoms with Gasteiger partial charge in [0.05, 0.1) is 23.7 Å². The number of aliphatic hydroxyl groups excluding tert-OH is 1. The van der Waals surface area contributed by atoms with Gasteiger partial charge in [-0.05, 0) is 59.7 Å². The molecule has 0 saturated carbocycles. The first kappa shape index (κ1) is 25.0. The van der Waals surface area contributed by atoms with Crippen LogP contribution in [0.1, 0.15) is 22.7 Å². The second-order valence-corrected chi connectivity index (χ2v) is 9.03. The molecular weight excluding hydrogens is 504 g/mol. The van der Waals surface area contributed by atoms with Crippen LogP contribution >= 0.6 is 11.6 Å². The number of nitrogens with zero attached hydrogens (tertiary/aromatic N) is 2. The summed E-state index contributed by atoms with van der Waals surface area (Å²) in [6.45, 7) is 0.107. The van der Waals surface area contributed by atoms with Gasteiger partial charge in [-0.3, -0.25) is 14.6 Å². The number of para-hydroxylation sites is 1. The number of likely N-dealkylation sites (tertiary alicyclic amines) is 1. The van der Waals surface area contributed by atoms with Crippen LogP contribution in [0.4, 0.5) is 0 Å². The lowest BCUT2D eigenvalue weighted by molar-refractivity contribution is -0.140. The number of carbonyl (C=O) groups is 2. The van der Waals surface area contributed by atoms with Crippen molar-refractivity contribution in [2.24, 2.45) is 0 Å². The summed E-state index contributed by atoms with van der Waals surface area (Å²) >= 11 is 6.40. The highest BCUT2D eigenvalue weighted by Crippen LogP contribution is 2.42. The largest absolute Gasteiger partial charge is 0.507 e. The SMILES string of the molecule is COc1ccc(Cl)c(/C(O)=C2\C(=O)C(=O)N(Cc3cccnc3)C2c2cccc(Oc3ccccc3)c2)c1. The van der Waals surface area contributed by atoms with Crippen molar-refractivity contribution < 1.29 is 24.2 Å². The Balaban J connectivity index is 1.64. The van der Waals surface area contributed by atoms with Crippen LogP contribution in [0.3, 0.4) is 0 Å². The van der Waals surface area contributed by atoms with Gasteiger partial charge in [0.25, 0.3) is 11.7 Å². The highest BCUT2D eigenvalue weighted by atomic mass is 35.5. The van der Waals surface area contributed by atoms with Crippen LogP contribution in [0.5, 0.6) is 17.2 Å². The fourth-order valence-corrected chi connectivity index (χ4v) is 4.62. The monoisotopic (exact) mass is 526 g/mol. The molecule has 7 nitrogen and oxygen atoms in total. The standard InChI is InChI=1S/C30H23ClN2O5/c1-37-22-12-13-25(31)24(16-22)28(34)26-27(33(30(36)29(26)35)18-19-7-6-14-32-17-19)20-8-5-11-23(15-20)38-21-9-3-2-4-10-21/h2-17,27,34H,18H2,1H3/b28-26+. The molecule has 5 rings (SSSR count). The summed E-state index contributed by atoms with van der Waals surface area (Å²) in [6.07, 6.45) is 3.26. The van der Waals surface area contributed by atoms with Gasteiger partial charge in [-0.2, -0.15) is 0 Å². The Kier molecular flexibility index (Phi) is 7.11. The number of amides is 1. The molecule has 8 heteroatoms. The molecule has 0 spiro atoms. The van der Waals surface area contributed by atoms with E-state index in [4.69, 9.17) is 21.1 Å². The van der Waals surface area contributed by atoms with E-state index in [-0.39, 0.29) is 28.5 Å². The van der Waals surface area contributed by atoms with Crippen LogP contribution in [-0.2, 0) is 16.1 Å². The van der Waals surface area contributed by atoms with Gasteiger partial charge in [-0.25, -0.2) is 0 Å². The maximum absolute atomic E-state index is 13.4. The lowest BCUT2D eigenvalue weighted by Gasteiger charge is -2.26. The Morgan fingerprint density at radius 1 is 0.947 bits per heavy atom. The van der Waals surface area contributed by atoms with Crippen LogP contribution < -0.4 is 9.47 Å². The number of ketones is 1. The lowest BCUT2D eigenvalue weighted by atomic mass is 9.95. The number of hydrogen-bond acceptors (Lipinski definition) is 6. The second-order valence-electron chi connectivity index (χ2n) is 8.62. The molecular formula is C30H23ClN2O5. The number of benzene rings is 3. The molecule has 1 fully saturated rings. The Morgan fingerprint density at radius 3 is 2.47 bits per heavy atom. The third kappa shape index (κ3) is 4.96. The predicted octanol–water partition coefficient (Wildman–Crippen LogP) is 6.16. The molecule has 0 aliphatic carbocycles. The first-order valence-corrected chi connectivity index (χ1v) is 12.2. The van der Waals surface area contributed by atoms with Gasteiger partial charge in [0.15, 0.2) is 0 Å². The minimum Gasteiger partial charge on any atom is -0.507 e. The number of carbonyl (C=O) groups excluding carboxylic acids is 2. The molecule has 1 aliphatic rings. The van der Waals surface area contributed by atoms with E-state index >= 15 is 0 Å². The molecule has 4 aromatic rings. The molecule has 0 radical (unpaired) electrons. The minimum absolute atomic E-state index is 0.0779. The minimum atomic E-state index is -0.906. The van der Waals surface area contributed by atoms with Crippen LogP contribution in [0, 0.1) is 0 Å². The van der Waals surface area contributed by atoms with Crippen molar-refractivity contribution in [2.45, 2.75) is 12.6 Å². The van der Waals surface area contributed by atoms with Crippen LogP contribution in [-0.4, -0.2) is 33.8 Å². The molecule has 0 bridgehead atoms. The third-order valence-corrected chi connectivity index (χ3v) is 6.53. The Morgan fingerprint density at radius 2 is 1.74 bits per heavy atom. The molecule has 3 aromatic carbocycles. The molecule has 1 aliphatic heterocycles. The van der Waals surface area contributed by atoms with E-state index in [0.29, 0.717) is 22.8 Å². The zero-order chi connectivity index (χ0) is 26.6. The predicted molar refractivity (Wildman–Crippen MR) is 143 cm³/mol. The van der Waals surface area contributed by atoms with Gasteiger partial charge in [-0.15, -0.1) is 0 Å². The summed E-state index contributed by atoms with van der Waals surface area (Å²) in [7, 11) is 1.48. The fraction of sp³-hybridized carbons (Fsp3) is 0.100. The average Bonchev–Trinajstić information content (AvgIpc) is 3.19. The van der Waals surface area contributed by atoms with E-state index in [0.717, 1.165) is 5.56 Å². The fourth-order valence-electron chi connectivity index (χ4n) is 4.41. The molecule has 1 aromatic heterocycles. The van der Waals surface area contributed by atoms with E-state index in [1.807, 2.05) is 36.4 Å². The Bertz CT molecular complexity index is 1520. The Hall–Kier alpha value is -4.62. The molecule has 2 heterocycles. The number of pyridine rings is 1. The maximum Gasteiger partial charge on any atom is 0.295 e. The van der Waals surface area contributed by atoms with Crippen molar-refractivity contribution in [1.29, 1.82) is 0 Å². The van der Waals surface area contributed by atoms with Gasteiger partial charge in [-0.1, -0.05) is 48.0 Å². The molecule has 1 atom stereocenters. The van der Waals surface area contributed by atoms with Crippen molar-refractivity contribution in [2.75, 3.05) is 7.11 Å². The molecule has 190 valence electrons. The Labute approximate surface area is 224 Å². The summed E-state index contributed by atoms with van der Waals surface area (Å²) < 4.78 is 11.3. The number of hydrogen-bond donors (Lipinski definition) is 1. The van der Waals surface area contributed by atoms with Crippen molar-refractivity contribution in [3.05, 3.63) is 125 Å². The van der Waals surface area contributed by atoms with Crippen LogP contribution in [0.25, 0.3) is 5.76 Å². The molecule has 1 saturated heterocycles. The maximum atomic E-state index is 13.4. The number of ether oxygens (including phenoxy) is 2. The van der Waals surface area contributed by atoms with Gasteiger partial charge in [0, 0.05) is 24.5 Å². The van der Waals surface area contributed by atoms with Crippen molar-refractivity contribution in [1.82, 2.24) is 9.88 Å². The first-order chi connectivity index (χ1) is 18.5. The van der Waals surface area contributed by atoms with Crippen LogP contribution in [0.15, 0.2) is 103 Å². The van der Waals surface area contributed by atoms with Gasteiger partial charge < -0.3 is 19.5 Å².